The van der Waals surface area contributed by atoms with Crippen LogP contribution in [0.3, 0.4) is 0 Å². The zero-order chi connectivity index (χ0) is 19.1. The van der Waals surface area contributed by atoms with Gasteiger partial charge in [-0.15, -0.1) is 0 Å². The standard InChI is InChI=1S/C21H26FN3O2/c1-27-20-9-8-17(16-19(20)22)21(26)23-10-5-11-24-12-14-25(15-13-24)18-6-3-2-4-7-18/h2-4,6-9,16H,5,10-15H2,1H3,(H,23,26). The summed E-state index contributed by atoms with van der Waals surface area (Å²) in [7, 11) is 1.40. The normalized spacial score (nSPS) is 14.8. The molecule has 0 radical (unpaired) electrons. The average Bonchev–Trinajstić information content (AvgIpc) is 2.72. The summed E-state index contributed by atoms with van der Waals surface area (Å²) in [6.07, 6.45) is 0.871. The van der Waals surface area contributed by atoms with E-state index < -0.39 is 5.82 Å². The van der Waals surface area contributed by atoms with Crippen LogP contribution < -0.4 is 15.0 Å². The molecule has 0 aromatic heterocycles. The van der Waals surface area contributed by atoms with Crippen LogP contribution in [0.1, 0.15) is 16.8 Å². The minimum atomic E-state index is -0.526. The van der Waals surface area contributed by atoms with Gasteiger partial charge in [0.1, 0.15) is 0 Å². The molecule has 1 N–H and O–H groups in total. The molecule has 6 heteroatoms. The second-order valence-corrected chi connectivity index (χ2v) is 6.62. The summed E-state index contributed by atoms with van der Waals surface area (Å²) in [4.78, 5) is 16.9. The molecule has 0 unspecified atom stereocenters. The maximum atomic E-state index is 13.7. The highest BCUT2D eigenvalue weighted by Crippen LogP contribution is 2.18. The van der Waals surface area contributed by atoms with Crippen molar-refractivity contribution in [2.45, 2.75) is 6.42 Å². The number of hydrogen-bond acceptors (Lipinski definition) is 4. The number of benzene rings is 2. The summed E-state index contributed by atoms with van der Waals surface area (Å²) in [5.74, 6) is -0.645. The van der Waals surface area contributed by atoms with E-state index >= 15 is 0 Å². The maximum Gasteiger partial charge on any atom is 0.251 e. The molecule has 1 fully saturated rings. The number of hydrogen-bond donors (Lipinski definition) is 1. The van der Waals surface area contributed by atoms with Crippen molar-refractivity contribution in [3.8, 4) is 5.75 Å². The quantitative estimate of drug-likeness (QED) is 0.761. The second kappa shape index (κ2) is 9.37. The van der Waals surface area contributed by atoms with E-state index in [1.807, 2.05) is 6.07 Å². The highest BCUT2D eigenvalue weighted by molar-refractivity contribution is 5.94. The lowest BCUT2D eigenvalue weighted by Crippen LogP contribution is -2.47. The van der Waals surface area contributed by atoms with Gasteiger partial charge >= 0.3 is 0 Å². The van der Waals surface area contributed by atoms with E-state index in [9.17, 15) is 9.18 Å². The number of para-hydroxylation sites is 1. The molecule has 0 saturated carbocycles. The lowest BCUT2D eigenvalue weighted by Gasteiger charge is -2.36. The summed E-state index contributed by atoms with van der Waals surface area (Å²) in [5, 5.41) is 2.85. The first-order valence-electron chi connectivity index (χ1n) is 9.31. The van der Waals surface area contributed by atoms with Crippen molar-refractivity contribution in [3.63, 3.8) is 0 Å². The third kappa shape index (κ3) is 5.20. The summed E-state index contributed by atoms with van der Waals surface area (Å²) >= 11 is 0. The fourth-order valence-electron chi connectivity index (χ4n) is 3.28. The highest BCUT2D eigenvalue weighted by atomic mass is 19.1. The lowest BCUT2D eigenvalue weighted by molar-refractivity contribution is 0.0951. The summed E-state index contributed by atoms with van der Waals surface area (Å²) in [6.45, 7) is 5.59. The molecular weight excluding hydrogens is 345 g/mol. The van der Waals surface area contributed by atoms with Crippen LogP contribution in [-0.4, -0.2) is 57.2 Å². The SMILES string of the molecule is COc1ccc(C(=O)NCCCN2CCN(c3ccccc3)CC2)cc1F. The summed E-state index contributed by atoms with van der Waals surface area (Å²) in [6, 6.07) is 14.7. The molecule has 27 heavy (non-hydrogen) atoms. The van der Waals surface area contributed by atoms with E-state index in [1.165, 1.54) is 24.9 Å². The topological polar surface area (TPSA) is 44.8 Å². The van der Waals surface area contributed by atoms with Crippen molar-refractivity contribution in [1.29, 1.82) is 0 Å². The molecular formula is C21H26FN3O2. The molecule has 5 nitrogen and oxygen atoms in total. The van der Waals surface area contributed by atoms with Gasteiger partial charge in [0.15, 0.2) is 11.6 Å². The predicted molar refractivity (Wildman–Crippen MR) is 105 cm³/mol. The van der Waals surface area contributed by atoms with Crippen molar-refractivity contribution in [2.75, 3.05) is 51.3 Å². The Labute approximate surface area is 159 Å². The molecule has 1 heterocycles. The molecule has 144 valence electrons. The molecule has 0 spiro atoms. The third-order valence-corrected chi connectivity index (χ3v) is 4.84. The Hall–Kier alpha value is -2.60. The van der Waals surface area contributed by atoms with Crippen LogP contribution in [0, 0.1) is 5.82 Å². The zero-order valence-corrected chi connectivity index (χ0v) is 15.7. The number of nitrogens with zero attached hydrogens (tertiary/aromatic N) is 2. The van der Waals surface area contributed by atoms with Crippen molar-refractivity contribution in [3.05, 3.63) is 59.9 Å². The number of ether oxygens (including phenoxy) is 1. The number of carbonyl (C=O) groups is 1. The van der Waals surface area contributed by atoms with Gasteiger partial charge in [0.2, 0.25) is 0 Å². The smallest absolute Gasteiger partial charge is 0.251 e. The number of amides is 1. The van der Waals surface area contributed by atoms with Crippen LogP contribution in [0.4, 0.5) is 10.1 Å². The number of anilines is 1. The third-order valence-electron chi connectivity index (χ3n) is 4.84. The van der Waals surface area contributed by atoms with Gasteiger partial charge in [-0.3, -0.25) is 9.69 Å². The minimum absolute atomic E-state index is 0.140. The molecule has 2 aromatic carbocycles. The van der Waals surface area contributed by atoms with E-state index in [-0.39, 0.29) is 11.7 Å². The van der Waals surface area contributed by atoms with Crippen molar-refractivity contribution >= 4 is 11.6 Å². The summed E-state index contributed by atoms with van der Waals surface area (Å²) < 4.78 is 18.5. The van der Waals surface area contributed by atoms with E-state index in [2.05, 4.69) is 39.4 Å². The van der Waals surface area contributed by atoms with E-state index in [0.29, 0.717) is 12.1 Å². The fourth-order valence-corrected chi connectivity index (χ4v) is 3.28. The van der Waals surface area contributed by atoms with Gasteiger partial charge in [-0.25, -0.2) is 4.39 Å². The fraction of sp³-hybridized carbons (Fsp3) is 0.381. The zero-order valence-electron chi connectivity index (χ0n) is 15.7. The molecule has 1 amide bonds. The molecule has 1 aliphatic rings. The molecule has 0 aliphatic carbocycles. The first-order chi connectivity index (χ1) is 13.2. The number of carbonyl (C=O) groups excluding carboxylic acids is 1. The number of rotatable bonds is 7. The van der Waals surface area contributed by atoms with Gasteiger partial charge in [0.05, 0.1) is 7.11 Å². The Kier molecular flexibility index (Phi) is 6.65. The van der Waals surface area contributed by atoms with Gasteiger partial charge < -0.3 is 15.0 Å². The van der Waals surface area contributed by atoms with Crippen LogP contribution in [0.25, 0.3) is 0 Å². The largest absolute Gasteiger partial charge is 0.494 e. The van der Waals surface area contributed by atoms with Crippen molar-refractivity contribution in [2.24, 2.45) is 0 Å². The van der Waals surface area contributed by atoms with Gasteiger partial charge in [0, 0.05) is 44.0 Å². The van der Waals surface area contributed by atoms with Gasteiger partial charge in [-0.2, -0.15) is 0 Å². The van der Waals surface area contributed by atoms with Crippen LogP contribution in [0.5, 0.6) is 5.75 Å². The number of piperazine rings is 1. The molecule has 2 aromatic rings. The van der Waals surface area contributed by atoms with E-state index in [0.717, 1.165) is 39.1 Å². The van der Waals surface area contributed by atoms with Crippen LogP contribution in [0.15, 0.2) is 48.5 Å². The van der Waals surface area contributed by atoms with Gasteiger partial charge in [0.25, 0.3) is 5.91 Å². The Morgan fingerprint density at radius 1 is 1.11 bits per heavy atom. The number of methoxy groups -OCH3 is 1. The number of nitrogens with one attached hydrogen (secondary N) is 1. The van der Waals surface area contributed by atoms with Crippen LogP contribution in [-0.2, 0) is 0 Å². The monoisotopic (exact) mass is 371 g/mol. The number of halogens is 1. The van der Waals surface area contributed by atoms with E-state index in [4.69, 9.17) is 4.74 Å². The van der Waals surface area contributed by atoms with Gasteiger partial charge in [-0.05, 0) is 43.3 Å². The van der Waals surface area contributed by atoms with Crippen molar-refractivity contribution < 1.29 is 13.9 Å². The van der Waals surface area contributed by atoms with E-state index in [1.54, 1.807) is 6.07 Å². The molecule has 1 saturated heterocycles. The van der Waals surface area contributed by atoms with Gasteiger partial charge in [-0.1, -0.05) is 18.2 Å². The Balaban J connectivity index is 1.36. The minimum Gasteiger partial charge on any atom is -0.494 e. The molecule has 0 bridgehead atoms. The highest BCUT2D eigenvalue weighted by Gasteiger charge is 2.16. The average molecular weight is 371 g/mol. The Morgan fingerprint density at radius 2 is 1.85 bits per heavy atom. The molecule has 1 aliphatic heterocycles. The first kappa shape index (κ1) is 19.2. The molecule has 3 rings (SSSR count). The lowest BCUT2D eigenvalue weighted by atomic mass is 10.2. The first-order valence-corrected chi connectivity index (χ1v) is 9.31. The Bertz CT molecular complexity index is 746. The van der Waals surface area contributed by atoms with Crippen LogP contribution >= 0.6 is 0 Å². The molecule has 0 atom stereocenters. The second-order valence-electron chi connectivity index (χ2n) is 6.62. The van der Waals surface area contributed by atoms with Crippen molar-refractivity contribution in [1.82, 2.24) is 10.2 Å². The van der Waals surface area contributed by atoms with Crippen LogP contribution in [0.2, 0.25) is 0 Å². The summed E-state index contributed by atoms with van der Waals surface area (Å²) in [5.41, 5.74) is 1.58. The predicted octanol–water partition coefficient (Wildman–Crippen LogP) is 2.78. The maximum absolute atomic E-state index is 13.7. The Morgan fingerprint density at radius 3 is 2.52 bits per heavy atom.